The highest BCUT2D eigenvalue weighted by Gasteiger charge is 2.14. The van der Waals surface area contributed by atoms with Crippen molar-refractivity contribution in [2.24, 2.45) is 0 Å². The number of halogens is 2. The number of H-pyrrole nitrogens is 1. The van der Waals surface area contributed by atoms with Crippen LogP contribution in [0.4, 0.5) is 8.78 Å². The second-order valence-corrected chi connectivity index (χ2v) is 2.42. The maximum Gasteiger partial charge on any atom is 0.245 e. The van der Waals surface area contributed by atoms with Gasteiger partial charge in [0, 0.05) is 6.20 Å². The number of aromatic nitrogens is 3. The number of pyridine rings is 1. The van der Waals surface area contributed by atoms with Gasteiger partial charge in [0.2, 0.25) is 11.8 Å². The summed E-state index contributed by atoms with van der Waals surface area (Å²) in [5, 5.41) is 5.35. The highest BCUT2D eigenvalue weighted by atomic mass is 19.2. The summed E-state index contributed by atoms with van der Waals surface area (Å²) in [7, 11) is 0. The fourth-order valence-corrected chi connectivity index (χ4v) is 0.980. The lowest BCUT2D eigenvalue weighted by molar-refractivity contribution is 0.491. The summed E-state index contributed by atoms with van der Waals surface area (Å²) in [6.45, 7) is 0. The normalized spacial score (nSPS) is 10.3. The SMILES string of the molecule is Fc1[nH]nc(-c2ccccn2)c1F. The van der Waals surface area contributed by atoms with Crippen LogP contribution < -0.4 is 0 Å². The van der Waals surface area contributed by atoms with Crippen LogP contribution >= 0.6 is 0 Å². The number of hydrogen-bond donors (Lipinski definition) is 1. The highest BCUT2D eigenvalue weighted by molar-refractivity contribution is 5.53. The molecule has 1 N–H and O–H groups in total. The zero-order valence-corrected chi connectivity index (χ0v) is 6.46. The predicted octanol–water partition coefficient (Wildman–Crippen LogP) is 1.75. The van der Waals surface area contributed by atoms with Crippen molar-refractivity contribution in [2.75, 3.05) is 0 Å². The summed E-state index contributed by atoms with van der Waals surface area (Å²) in [5.41, 5.74) is 0.207. The molecule has 0 spiro atoms. The van der Waals surface area contributed by atoms with E-state index in [1.165, 1.54) is 6.20 Å². The van der Waals surface area contributed by atoms with Crippen LogP contribution in [0.5, 0.6) is 0 Å². The van der Waals surface area contributed by atoms with Gasteiger partial charge in [-0.1, -0.05) is 6.07 Å². The van der Waals surface area contributed by atoms with Crippen LogP contribution in [0.25, 0.3) is 11.4 Å². The molecule has 2 heterocycles. The summed E-state index contributed by atoms with van der Waals surface area (Å²) in [6.07, 6.45) is 1.49. The van der Waals surface area contributed by atoms with Crippen LogP contribution in [0.15, 0.2) is 24.4 Å². The molecule has 0 aliphatic rings. The van der Waals surface area contributed by atoms with E-state index in [1.807, 2.05) is 5.10 Å². The summed E-state index contributed by atoms with van der Waals surface area (Å²) in [4.78, 5) is 3.83. The second-order valence-electron chi connectivity index (χ2n) is 2.42. The first kappa shape index (κ1) is 7.85. The fraction of sp³-hybridized carbons (Fsp3) is 0. The summed E-state index contributed by atoms with van der Waals surface area (Å²) >= 11 is 0. The second kappa shape index (κ2) is 2.93. The molecule has 0 aliphatic carbocycles. The first-order chi connectivity index (χ1) is 6.29. The van der Waals surface area contributed by atoms with Crippen LogP contribution in [-0.2, 0) is 0 Å². The standard InChI is InChI=1S/C8H5F2N3/c9-6-7(12-13-8(6)10)5-3-1-2-4-11-5/h1-4H,(H,12,13). The molecule has 0 atom stereocenters. The Morgan fingerprint density at radius 1 is 1.23 bits per heavy atom. The molecule has 13 heavy (non-hydrogen) atoms. The number of hydrogen-bond acceptors (Lipinski definition) is 2. The summed E-state index contributed by atoms with van der Waals surface area (Å²) in [6, 6.07) is 4.91. The minimum absolute atomic E-state index is 0.0990. The Kier molecular flexibility index (Phi) is 1.77. The molecule has 0 amide bonds. The van der Waals surface area contributed by atoms with Gasteiger partial charge in [-0.05, 0) is 12.1 Å². The molecule has 0 fully saturated rings. The van der Waals surface area contributed by atoms with Gasteiger partial charge in [0.25, 0.3) is 0 Å². The topological polar surface area (TPSA) is 41.6 Å². The molecule has 0 aliphatic heterocycles. The molecule has 3 nitrogen and oxygen atoms in total. The number of nitrogens with zero attached hydrogens (tertiary/aromatic N) is 2. The molecule has 0 unspecified atom stereocenters. The van der Waals surface area contributed by atoms with Crippen LogP contribution in [0.3, 0.4) is 0 Å². The Morgan fingerprint density at radius 3 is 2.62 bits per heavy atom. The number of nitrogens with one attached hydrogen (secondary N) is 1. The third kappa shape index (κ3) is 1.28. The number of aromatic amines is 1. The minimum Gasteiger partial charge on any atom is -0.254 e. The Balaban J connectivity index is 2.53. The van der Waals surface area contributed by atoms with Crippen molar-refractivity contribution in [2.45, 2.75) is 0 Å². The van der Waals surface area contributed by atoms with Gasteiger partial charge in [0.15, 0.2) is 0 Å². The van der Waals surface area contributed by atoms with Crippen molar-refractivity contribution in [1.82, 2.24) is 15.2 Å². The molecule has 2 aromatic heterocycles. The summed E-state index contributed by atoms with van der Waals surface area (Å²) < 4.78 is 25.4. The van der Waals surface area contributed by atoms with Crippen molar-refractivity contribution in [3.63, 3.8) is 0 Å². The van der Waals surface area contributed by atoms with Gasteiger partial charge in [-0.15, -0.1) is 0 Å². The van der Waals surface area contributed by atoms with Crippen LogP contribution in [0, 0.1) is 11.8 Å². The zero-order valence-electron chi connectivity index (χ0n) is 6.46. The lowest BCUT2D eigenvalue weighted by Gasteiger charge is -1.92. The van der Waals surface area contributed by atoms with Crippen molar-refractivity contribution in [1.29, 1.82) is 0 Å². The van der Waals surface area contributed by atoms with Crippen molar-refractivity contribution >= 4 is 0 Å². The van der Waals surface area contributed by atoms with Gasteiger partial charge >= 0.3 is 0 Å². The molecule has 66 valence electrons. The highest BCUT2D eigenvalue weighted by Crippen LogP contribution is 2.18. The van der Waals surface area contributed by atoms with E-state index in [0.29, 0.717) is 5.69 Å². The molecular formula is C8H5F2N3. The van der Waals surface area contributed by atoms with E-state index < -0.39 is 11.8 Å². The Bertz CT molecular complexity index is 411. The van der Waals surface area contributed by atoms with E-state index in [0.717, 1.165) is 0 Å². The quantitative estimate of drug-likeness (QED) is 0.728. The van der Waals surface area contributed by atoms with Gasteiger partial charge < -0.3 is 0 Å². The van der Waals surface area contributed by atoms with E-state index in [2.05, 4.69) is 10.1 Å². The molecular weight excluding hydrogens is 176 g/mol. The molecule has 0 radical (unpaired) electrons. The molecule has 2 rings (SSSR count). The molecule has 0 saturated heterocycles. The Morgan fingerprint density at radius 2 is 2.08 bits per heavy atom. The number of rotatable bonds is 1. The van der Waals surface area contributed by atoms with Crippen LogP contribution in [0.2, 0.25) is 0 Å². The van der Waals surface area contributed by atoms with Gasteiger partial charge in [0.05, 0.1) is 5.69 Å². The smallest absolute Gasteiger partial charge is 0.245 e. The lowest BCUT2D eigenvalue weighted by atomic mass is 10.3. The largest absolute Gasteiger partial charge is 0.254 e. The van der Waals surface area contributed by atoms with Gasteiger partial charge in [0.1, 0.15) is 5.69 Å². The minimum atomic E-state index is -1.07. The molecule has 2 aromatic rings. The molecule has 5 heteroatoms. The molecule has 0 bridgehead atoms. The van der Waals surface area contributed by atoms with E-state index >= 15 is 0 Å². The van der Waals surface area contributed by atoms with E-state index in [1.54, 1.807) is 18.2 Å². The monoisotopic (exact) mass is 181 g/mol. The third-order valence-electron chi connectivity index (χ3n) is 1.57. The Hall–Kier alpha value is -1.78. The van der Waals surface area contributed by atoms with E-state index in [9.17, 15) is 8.78 Å². The molecule has 0 aromatic carbocycles. The Labute approximate surface area is 72.4 Å². The maximum atomic E-state index is 12.9. The van der Waals surface area contributed by atoms with Crippen molar-refractivity contribution in [3.8, 4) is 11.4 Å². The van der Waals surface area contributed by atoms with Gasteiger partial charge in [-0.3, -0.25) is 4.98 Å². The van der Waals surface area contributed by atoms with Gasteiger partial charge in [-0.25, -0.2) is 5.10 Å². The fourth-order valence-electron chi connectivity index (χ4n) is 0.980. The lowest BCUT2D eigenvalue weighted by Crippen LogP contribution is -1.85. The first-order valence-corrected chi connectivity index (χ1v) is 3.60. The van der Waals surface area contributed by atoms with Crippen LogP contribution in [0.1, 0.15) is 0 Å². The average molecular weight is 181 g/mol. The first-order valence-electron chi connectivity index (χ1n) is 3.60. The maximum absolute atomic E-state index is 12.9. The third-order valence-corrected chi connectivity index (χ3v) is 1.57. The van der Waals surface area contributed by atoms with Gasteiger partial charge in [-0.2, -0.15) is 13.9 Å². The van der Waals surface area contributed by atoms with Crippen LogP contribution in [-0.4, -0.2) is 15.2 Å². The van der Waals surface area contributed by atoms with Crippen molar-refractivity contribution < 1.29 is 8.78 Å². The van der Waals surface area contributed by atoms with E-state index in [4.69, 9.17) is 0 Å². The van der Waals surface area contributed by atoms with E-state index in [-0.39, 0.29) is 5.69 Å². The van der Waals surface area contributed by atoms with Crippen molar-refractivity contribution in [3.05, 3.63) is 36.2 Å². The summed E-state index contributed by atoms with van der Waals surface area (Å²) in [5.74, 6) is -2.07. The average Bonchev–Trinajstić information content (AvgIpc) is 2.49. The molecule has 0 saturated carbocycles. The predicted molar refractivity (Wildman–Crippen MR) is 41.7 cm³/mol. The zero-order chi connectivity index (χ0) is 9.26.